The molecule has 21 heavy (non-hydrogen) atoms. The fourth-order valence-corrected chi connectivity index (χ4v) is 2.25. The number of nitrogen functional groups attached to an aromatic ring is 1. The Morgan fingerprint density at radius 2 is 2.38 bits per heavy atom. The van der Waals surface area contributed by atoms with E-state index in [2.05, 4.69) is 4.98 Å². The lowest BCUT2D eigenvalue weighted by molar-refractivity contribution is -0.0985. The van der Waals surface area contributed by atoms with Crippen LogP contribution >= 0.6 is 0 Å². The zero-order chi connectivity index (χ0) is 15.6. The van der Waals surface area contributed by atoms with Gasteiger partial charge in [-0.1, -0.05) is 19.1 Å². The number of ether oxygens (including phenoxy) is 1. The van der Waals surface area contributed by atoms with E-state index >= 15 is 0 Å². The summed E-state index contributed by atoms with van der Waals surface area (Å²) >= 11 is 0. The zero-order valence-corrected chi connectivity index (χ0v) is 11.5. The van der Waals surface area contributed by atoms with E-state index in [0.29, 0.717) is 6.42 Å². The van der Waals surface area contributed by atoms with Crippen LogP contribution < -0.4 is 11.4 Å². The average molecular weight is 299 g/mol. The number of anilines is 1. The van der Waals surface area contributed by atoms with Crippen LogP contribution in [0.4, 0.5) is 10.2 Å². The van der Waals surface area contributed by atoms with Crippen molar-refractivity contribution in [2.24, 2.45) is 0 Å². The third kappa shape index (κ3) is 2.69. The molecular formula is C13H18FN3O4. The van der Waals surface area contributed by atoms with E-state index in [1.807, 2.05) is 6.92 Å². The number of nitrogens with zero attached hydrogens (tertiary/aromatic N) is 2. The zero-order valence-electron chi connectivity index (χ0n) is 11.5. The van der Waals surface area contributed by atoms with E-state index in [1.165, 1.54) is 18.3 Å². The number of rotatable bonds is 4. The van der Waals surface area contributed by atoms with Crippen LogP contribution in [0.3, 0.4) is 0 Å². The summed E-state index contributed by atoms with van der Waals surface area (Å²) in [7, 11) is 0. The van der Waals surface area contributed by atoms with Crippen LogP contribution in [0.15, 0.2) is 29.2 Å². The summed E-state index contributed by atoms with van der Waals surface area (Å²) in [6.07, 6.45) is 0.0725. The van der Waals surface area contributed by atoms with Crippen molar-refractivity contribution in [3.05, 3.63) is 34.9 Å². The first kappa shape index (κ1) is 15.6. The lowest BCUT2D eigenvalue weighted by Gasteiger charge is -2.26. The topological polar surface area (TPSA) is 111 Å². The minimum atomic E-state index is -1.89. The molecule has 1 fully saturated rings. The van der Waals surface area contributed by atoms with E-state index in [9.17, 15) is 19.4 Å². The molecule has 1 aromatic heterocycles. The molecule has 0 aromatic carbocycles. The van der Waals surface area contributed by atoms with Crippen molar-refractivity contribution in [1.29, 1.82) is 0 Å². The summed E-state index contributed by atoms with van der Waals surface area (Å²) in [6, 6.07) is 1.32. The monoisotopic (exact) mass is 299 g/mol. The van der Waals surface area contributed by atoms with Gasteiger partial charge in [0.25, 0.3) is 0 Å². The Balaban J connectivity index is 2.39. The third-order valence-electron chi connectivity index (χ3n) is 3.42. The number of aliphatic hydroxyl groups is 2. The number of nitrogens with two attached hydrogens (primary N) is 1. The molecule has 0 saturated carbocycles. The highest BCUT2D eigenvalue weighted by molar-refractivity contribution is 5.24. The first-order valence-corrected chi connectivity index (χ1v) is 6.58. The number of halogens is 1. The van der Waals surface area contributed by atoms with Crippen LogP contribution in [-0.4, -0.2) is 44.2 Å². The van der Waals surface area contributed by atoms with Crippen LogP contribution in [0, 0.1) is 0 Å². The molecule has 1 aliphatic rings. The van der Waals surface area contributed by atoms with Gasteiger partial charge in [-0.2, -0.15) is 4.98 Å². The summed E-state index contributed by atoms with van der Waals surface area (Å²) in [5.74, 6) is 0.00417. The highest BCUT2D eigenvalue weighted by Crippen LogP contribution is 2.39. The number of hydrogen-bond acceptors (Lipinski definition) is 6. The second-order valence-corrected chi connectivity index (χ2v) is 4.86. The van der Waals surface area contributed by atoms with E-state index in [-0.39, 0.29) is 5.82 Å². The van der Waals surface area contributed by atoms with Gasteiger partial charge in [-0.25, -0.2) is 9.18 Å². The summed E-state index contributed by atoms with van der Waals surface area (Å²) in [5.41, 5.74) is 3.00. The van der Waals surface area contributed by atoms with Gasteiger partial charge in [0.05, 0.1) is 6.61 Å². The molecule has 0 aliphatic carbocycles. The predicted octanol–water partition coefficient (Wildman–Crippen LogP) is -0.249. The highest BCUT2D eigenvalue weighted by atomic mass is 19.1. The first-order valence-electron chi connectivity index (χ1n) is 6.58. The second-order valence-electron chi connectivity index (χ2n) is 4.86. The van der Waals surface area contributed by atoms with Gasteiger partial charge in [-0.3, -0.25) is 4.57 Å². The van der Waals surface area contributed by atoms with E-state index < -0.39 is 36.4 Å². The fraction of sp³-hybridized carbons (Fsp3) is 0.538. The Morgan fingerprint density at radius 1 is 1.67 bits per heavy atom. The van der Waals surface area contributed by atoms with Crippen LogP contribution in [0.2, 0.25) is 0 Å². The molecule has 8 heteroatoms. The van der Waals surface area contributed by atoms with Gasteiger partial charge in [-0.05, 0) is 12.5 Å². The van der Waals surface area contributed by atoms with E-state index in [4.69, 9.17) is 10.5 Å². The van der Waals surface area contributed by atoms with Crippen molar-refractivity contribution >= 4 is 5.82 Å². The van der Waals surface area contributed by atoms with E-state index in [0.717, 1.165) is 4.57 Å². The molecule has 0 spiro atoms. The Labute approximate surface area is 120 Å². The number of alkyl halides is 1. The highest BCUT2D eigenvalue weighted by Gasteiger charge is 2.54. The van der Waals surface area contributed by atoms with Gasteiger partial charge < -0.3 is 20.7 Å². The maximum absolute atomic E-state index is 14.3. The van der Waals surface area contributed by atoms with Gasteiger partial charge in [0.1, 0.15) is 17.5 Å². The second kappa shape index (κ2) is 5.92. The van der Waals surface area contributed by atoms with Crippen molar-refractivity contribution in [3.63, 3.8) is 0 Å². The molecule has 4 atom stereocenters. The minimum Gasteiger partial charge on any atom is -0.393 e. The predicted molar refractivity (Wildman–Crippen MR) is 73.2 cm³/mol. The summed E-state index contributed by atoms with van der Waals surface area (Å²) in [4.78, 5) is 15.2. The summed E-state index contributed by atoms with van der Waals surface area (Å²) in [6.45, 7) is 1.24. The van der Waals surface area contributed by atoms with Crippen LogP contribution in [0.1, 0.15) is 19.6 Å². The molecular weight excluding hydrogens is 281 g/mol. The summed E-state index contributed by atoms with van der Waals surface area (Å²) < 4.78 is 20.7. The molecule has 7 nitrogen and oxygen atoms in total. The van der Waals surface area contributed by atoms with Gasteiger partial charge in [-0.15, -0.1) is 0 Å². The Kier molecular flexibility index (Phi) is 4.40. The maximum Gasteiger partial charge on any atom is 0.351 e. The van der Waals surface area contributed by atoms with Crippen molar-refractivity contribution in [2.75, 3.05) is 12.3 Å². The minimum absolute atomic E-state index is 0.00417. The molecule has 0 bridgehead atoms. The van der Waals surface area contributed by atoms with Crippen LogP contribution in [0.5, 0.6) is 0 Å². The summed E-state index contributed by atoms with van der Waals surface area (Å²) in [5, 5.41) is 19.5. The first-order chi connectivity index (χ1) is 9.95. The third-order valence-corrected chi connectivity index (χ3v) is 3.42. The molecule has 116 valence electrons. The maximum atomic E-state index is 14.3. The molecule has 2 rings (SSSR count). The number of hydrogen-bond donors (Lipinski definition) is 3. The molecule has 2 heterocycles. The smallest absolute Gasteiger partial charge is 0.351 e. The number of allylic oxidation sites excluding steroid dienone is 1. The van der Waals surface area contributed by atoms with Crippen molar-refractivity contribution in [3.8, 4) is 0 Å². The molecule has 1 aromatic rings. The van der Waals surface area contributed by atoms with E-state index in [1.54, 1.807) is 6.08 Å². The Morgan fingerprint density at radius 3 is 2.95 bits per heavy atom. The SMILES string of the molecule is CCC=CC1(CO)OC(n2ccc(N)nc2=O)C(F)C1O. The van der Waals surface area contributed by atoms with Gasteiger partial charge >= 0.3 is 5.69 Å². The molecule has 1 aliphatic heterocycles. The normalized spacial score (nSPS) is 32.9. The Bertz CT molecular complexity index is 591. The van der Waals surface area contributed by atoms with Gasteiger partial charge in [0.15, 0.2) is 12.4 Å². The van der Waals surface area contributed by atoms with Crippen LogP contribution in [-0.2, 0) is 4.74 Å². The lowest BCUT2D eigenvalue weighted by Crippen LogP contribution is -2.43. The van der Waals surface area contributed by atoms with Crippen molar-refractivity contribution in [1.82, 2.24) is 9.55 Å². The largest absolute Gasteiger partial charge is 0.393 e. The lowest BCUT2D eigenvalue weighted by atomic mass is 9.96. The molecule has 1 saturated heterocycles. The van der Waals surface area contributed by atoms with Crippen LogP contribution in [0.25, 0.3) is 0 Å². The molecule has 0 amide bonds. The molecule has 4 N–H and O–H groups in total. The Hall–Kier alpha value is -1.77. The van der Waals surface area contributed by atoms with Crippen molar-refractivity contribution < 1.29 is 19.3 Å². The number of aliphatic hydroxyl groups excluding tert-OH is 2. The quantitative estimate of drug-likeness (QED) is 0.661. The average Bonchev–Trinajstić information content (AvgIpc) is 2.71. The van der Waals surface area contributed by atoms with Crippen molar-refractivity contribution in [2.45, 2.75) is 37.4 Å². The molecule has 0 radical (unpaired) electrons. The van der Waals surface area contributed by atoms with Gasteiger partial charge in [0.2, 0.25) is 0 Å². The fourth-order valence-electron chi connectivity index (χ4n) is 2.25. The standard InChI is InChI=1S/C13H18FN3O4/c1-2-3-5-13(7-18)10(19)9(14)11(21-13)17-6-4-8(15)16-12(17)20/h3-6,9-11,18-19H,2,7H2,1H3,(H2,15,16,20). The van der Waals surface area contributed by atoms with Gasteiger partial charge in [0, 0.05) is 6.20 Å². The molecule has 4 unspecified atom stereocenters. The number of aromatic nitrogens is 2.